The maximum atomic E-state index is 13.4. The highest BCUT2D eigenvalue weighted by Gasteiger charge is 2.51. The lowest BCUT2D eigenvalue weighted by Gasteiger charge is -2.39. The number of aryl methyl sites for hydroxylation is 1. The van der Waals surface area contributed by atoms with Gasteiger partial charge in [0.2, 0.25) is 0 Å². The van der Waals surface area contributed by atoms with Crippen molar-refractivity contribution in [1.29, 1.82) is 5.26 Å². The smallest absolute Gasteiger partial charge is 0.410 e. The molecule has 2 fully saturated rings. The van der Waals surface area contributed by atoms with Gasteiger partial charge in [-0.15, -0.1) is 0 Å². The molecule has 2 aromatic rings. The monoisotopic (exact) mass is 440 g/mol. The van der Waals surface area contributed by atoms with Crippen molar-refractivity contribution in [2.45, 2.75) is 31.3 Å². The molecule has 0 aromatic carbocycles. The standard InChI is InChI=1S/C22H22F2N6O2/c1-28-12-17(27-13-28)14-10-16-20(15(14)11-25)18(3-5-26-16)29-6-8-30(9-7-29)21(31)32-19-2-4-22(19,23)24/h3,5,12-13,19H,2,4,6-10H2,1H3/t19-/m1/s1. The Kier molecular flexibility index (Phi) is 4.84. The lowest BCUT2D eigenvalue weighted by atomic mass is 9.91. The molecule has 1 aliphatic heterocycles. The number of amides is 1. The minimum absolute atomic E-state index is 0.198. The van der Waals surface area contributed by atoms with Gasteiger partial charge in [0, 0.05) is 75.3 Å². The van der Waals surface area contributed by atoms with Gasteiger partial charge in [0.15, 0.2) is 6.10 Å². The molecule has 0 radical (unpaired) electrons. The van der Waals surface area contributed by atoms with Gasteiger partial charge < -0.3 is 19.1 Å². The molecule has 1 amide bonds. The van der Waals surface area contributed by atoms with E-state index >= 15 is 0 Å². The van der Waals surface area contributed by atoms with E-state index in [9.17, 15) is 18.8 Å². The van der Waals surface area contributed by atoms with E-state index in [2.05, 4.69) is 20.9 Å². The van der Waals surface area contributed by atoms with Crippen LogP contribution in [-0.4, -0.2) is 63.7 Å². The van der Waals surface area contributed by atoms with Crippen LogP contribution in [-0.2, 0) is 18.2 Å². The molecule has 8 nitrogen and oxygen atoms in total. The van der Waals surface area contributed by atoms with Crippen molar-refractivity contribution < 1.29 is 18.3 Å². The molecule has 2 aliphatic carbocycles. The Balaban J connectivity index is 1.33. The summed E-state index contributed by atoms with van der Waals surface area (Å²) in [6, 6.07) is 4.21. The number of rotatable bonds is 3. The summed E-state index contributed by atoms with van der Waals surface area (Å²) in [5, 5.41) is 9.92. The number of alkyl halides is 2. The molecule has 1 atom stereocenters. The number of fused-ring (bicyclic) bond motifs is 1. The van der Waals surface area contributed by atoms with Crippen LogP contribution >= 0.6 is 0 Å². The van der Waals surface area contributed by atoms with Crippen LogP contribution in [0.5, 0.6) is 0 Å². The molecule has 166 valence electrons. The number of aromatic nitrogens is 3. The SMILES string of the molecule is Cn1cnc(C2=C(C#N)c3c(N4CCN(C(=O)O[C@@H]5CCC5(F)F)CC4)ccnc3C2)c1. The quantitative estimate of drug-likeness (QED) is 0.730. The van der Waals surface area contributed by atoms with Gasteiger partial charge in [0.1, 0.15) is 6.07 Å². The molecule has 0 bridgehead atoms. The summed E-state index contributed by atoms with van der Waals surface area (Å²) < 4.78 is 33.7. The van der Waals surface area contributed by atoms with Gasteiger partial charge in [-0.1, -0.05) is 0 Å². The number of hydrogen-bond donors (Lipinski definition) is 0. The molecule has 3 heterocycles. The zero-order chi connectivity index (χ0) is 22.5. The maximum Gasteiger partial charge on any atom is 0.410 e. The minimum Gasteiger partial charge on any atom is -0.440 e. The van der Waals surface area contributed by atoms with Gasteiger partial charge in [-0.2, -0.15) is 5.26 Å². The van der Waals surface area contributed by atoms with Gasteiger partial charge in [-0.05, 0) is 12.5 Å². The predicted molar refractivity (Wildman–Crippen MR) is 112 cm³/mol. The zero-order valence-corrected chi connectivity index (χ0v) is 17.6. The van der Waals surface area contributed by atoms with Crippen LogP contribution in [0.15, 0.2) is 24.8 Å². The molecule has 2 aromatic heterocycles. The molecular formula is C22H22F2N6O2. The number of allylic oxidation sites excluding steroid dienone is 2. The van der Waals surface area contributed by atoms with E-state index in [1.54, 1.807) is 12.5 Å². The topological polar surface area (TPSA) is 87.3 Å². The molecule has 10 heteroatoms. The lowest BCUT2D eigenvalue weighted by molar-refractivity contribution is -0.179. The number of imidazole rings is 1. The third-order valence-electron chi connectivity index (χ3n) is 6.36. The molecule has 0 N–H and O–H groups in total. The minimum atomic E-state index is -2.92. The van der Waals surface area contributed by atoms with Gasteiger partial charge in [-0.3, -0.25) is 4.98 Å². The van der Waals surface area contributed by atoms with Crippen LogP contribution < -0.4 is 4.90 Å². The summed E-state index contributed by atoms with van der Waals surface area (Å²) in [6.45, 7) is 1.72. The Morgan fingerprint density at radius 1 is 1.28 bits per heavy atom. The number of piperazine rings is 1. The number of pyridine rings is 1. The van der Waals surface area contributed by atoms with E-state index in [1.807, 2.05) is 23.9 Å². The van der Waals surface area contributed by atoms with Gasteiger partial charge in [-0.25, -0.2) is 18.6 Å². The summed E-state index contributed by atoms with van der Waals surface area (Å²) in [7, 11) is 1.88. The fraction of sp³-hybridized carbons (Fsp3) is 0.455. The Hall–Kier alpha value is -3.48. The molecule has 3 aliphatic rings. The predicted octanol–water partition coefficient (Wildman–Crippen LogP) is 2.86. The van der Waals surface area contributed by atoms with E-state index in [1.165, 1.54) is 4.90 Å². The number of nitriles is 1. The van der Waals surface area contributed by atoms with Gasteiger partial charge in [0.25, 0.3) is 5.92 Å². The number of anilines is 1. The van der Waals surface area contributed by atoms with E-state index in [4.69, 9.17) is 4.74 Å². The summed E-state index contributed by atoms with van der Waals surface area (Å²) in [4.78, 5) is 24.8. The third-order valence-corrected chi connectivity index (χ3v) is 6.36. The van der Waals surface area contributed by atoms with E-state index in [0.717, 1.165) is 28.2 Å². The molecular weight excluding hydrogens is 418 g/mol. The molecule has 32 heavy (non-hydrogen) atoms. The zero-order valence-electron chi connectivity index (χ0n) is 17.6. The highest BCUT2D eigenvalue weighted by atomic mass is 19.3. The lowest BCUT2D eigenvalue weighted by Crippen LogP contribution is -2.53. The first-order valence-electron chi connectivity index (χ1n) is 10.6. The Bertz CT molecular complexity index is 1140. The second-order valence-electron chi connectivity index (χ2n) is 8.36. The number of halogens is 2. The normalized spacial score (nSPS) is 21.8. The highest BCUT2D eigenvalue weighted by Crippen LogP contribution is 2.42. The first kappa shape index (κ1) is 20.4. The Morgan fingerprint density at radius 2 is 2.06 bits per heavy atom. The average molecular weight is 440 g/mol. The maximum absolute atomic E-state index is 13.4. The second kappa shape index (κ2) is 7.58. The first-order valence-corrected chi connectivity index (χ1v) is 10.6. The molecule has 1 saturated heterocycles. The molecule has 0 spiro atoms. The Morgan fingerprint density at radius 3 is 2.66 bits per heavy atom. The highest BCUT2D eigenvalue weighted by molar-refractivity contribution is 6.04. The number of ether oxygens (including phenoxy) is 1. The second-order valence-corrected chi connectivity index (χ2v) is 8.36. The van der Waals surface area contributed by atoms with Crippen molar-refractivity contribution in [3.63, 3.8) is 0 Å². The number of hydrogen-bond acceptors (Lipinski definition) is 6. The van der Waals surface area contributed by atoms with Crippen molar-refractivity contribution in [1.82, 2.24) is 19.4 Å². The average Bonchev–Trinajstić information content (AvgIpc) is 3.39. The van der Waals surface area contributed by atoms with E-state index < -0.39 is 18.1 Å². The van der Waals surface area contributed by atoms with Crippen LogP contribution in [0.1, 0.15) is 29.8 Å². The summed E-state index contributed by atoms with van der Waals surface area (Å²) in [6.07, 6.45) is 3.80. The van der Waals surface area contributed by atoms with Crippen LogP contribution in [0.3, 0.4) is 0 Å². The van der Waals surface area contributed by atoms with E-state index in [0.29, 0.717) is 38.2 Å². The summed E-state index contributed by atoms with van der Waals surface area (Å²) in [5.74, 6) is -2.92. The van der Waals surface area contributed by atoms with Crippen molar-refractivity contribution in [2.24, 2.45) is 7.05 Å². The molecule has 1 saturated carbocycles. The van der Waals surface area contributed by atoms with Crippen molar-refractivity contribution in [2.75, 3.05) is 31.1 Å². The number of carbonyl (C=O) groups excluding carboxylic acids is 1. The number of nitrogens with zero attached hydrogens (tertiary/aromatic N) is 6. The Labute approximate surface area is 183 Å². The van der Waals surface area contributed by atoms with Crippen LogP contribution in [0.2, 0.25) is 0 Å². The third kappa shape index (κ3) is 3.38. The summed E-state index contributed by atoms with van der Waals surface area (Å²) in [5.41, 5.74) is 4.70. The van der Waals surface area contributed by atoms with Crippen molar-refractivity contribution in [3.8, 4) is 6.07 Å². The summed E-state index contributed by atoms with van der Waals surface area (Å²) >= 11 is 0. The van der Waals surface area contributed by atoms with Crippen LogP contribution in [0.4, 0.5) is 19.3 Å². The number of carbonyl (C=O) groups is 1. The fourth-order valence-electron chi connectivity index (χ4n) is 4.43. The first-order chi connectivity index (χ1) is 15.4. The van der Waals surface area contributed by atoms with Crippen LogP contribution in [0.25, 0.3) is 11.1 Å². The molecule has 0 unspecified atom stereocenters. The van der Waals surface area contributed by atoms with Gasteiger partial charge >= 0.3 is 6.09 Å². The fourth-order valence-corrected chi connectivity index (χ4v) is 4.43. The van der Waals surface area contributed by atoms with E-state index in [-0.39, 0.29) is 12.8 Å². The molecule has 5 rings (SSSR count). The van der Waals surface area contributed by atoms with Crippen LogP contribution in [0, 0.1) is 11.3 Å². The van der Waals surface area contributed by atoms with Crippen molar-refractivity contribution in [3.05, 3.63) is 41.7 Å². The largest absolute Gasteiger partial charge is 0.440 e. The van der Waals surface area contributed by atoms with Gasteiger partial charge in [0.05, 0.1) is 23.3 Å². The van der Waals surface area contributed by atoms with Crippen molar-refractivity contribution >= 4 is 22.9 Å².